The third kappa shape index (κ3) is 4.12. The normalized spacial score (nSPS) is 23.4. The number of amides is 1. The van der Waals surface area contributed by atoms with Crippen molar-refractivity contribution in [2.24, 2.45) is 0 Å². The van der Waals surface area contributed by atoms with E-state index in [9.17, 15) is 4.79 Å². The molecule has 0 aromatic heterocycles. The Kier molecular flexibility index (Phi) is 5.26. The summed E-state index contributed by atoms with van der Waals surface area (Å²) in [5.41, 5.74) is 1.26. The number of likely N-dealkylation sites (tertiary alicyclic amines) is 1. The van der Waals surface area contributed by atoms with Gasteiger partial charge in [-0.15, -0.1) is 0 Å². The minimum absolute atomic E-state index is 0.119. The van der Waals surface area contributed by atoms with Crippen LogP contribution in [-0.2, 0) is 4.74 Å². The predicted octanol–water partition coefficient (Wildman–Crippen LogP) is 2.87. The number of benzene rings is 1. The van der Waals surface area contributed by atoms with Gasteiger partial charge in [0.1, 0.15) is 0 Å². The second-order valence-corrected chi connectivity index (χ2v) is 5.70. The number of ether oxygens (including phenoxy) is 1. The van der Waals surface area contributed by atoms with E-state index < -0.39 is 0 Å². The van der Waals surface area contributed by atoms with Gasteiger partial charge in [-0.1, -0.05) is 23.7 Å². The molecule has 0 aliphatic carbocycles. The van der Waals surface area contributed by atoms with Crippen molar-refractivity contribution >= 4 is 17.7 Å². The number of hydrogen-bond acceptors (Lipinski definition) is 3. The van der Waals surface area contributed by atoms with Gasteiger partial charge in [0.15, 0.2) is 0 Å². The monoisotopic (exact) mass is 296 g/mol. The van der Waals surface area contributed by atoms with Crippen molar-refractivity contribution in [1.82, 2.24) is 10.2 Å². The Hall–Kier alpha value is -1.26. The zero-order valence-electron chi connectivity index (χ0n) is 11.9. The quantitative estimate of drug-likeness (QED) is 0.932. The molecule has 1 N–H and O–H groups in total. The predicted molar refractivity (Wildman–Crippen MR) is 80.3 cm³/mol. The molecule has 0 saturated carbocycles. The number of carbonyl (C=O) groups is 1. The maximum Gasteiger partial charge on any atom is 0.407 e. The van der Waals surface area contributed by atoms with E-state index in [1.807, 2.05) is 19.1 Å². The number of nitrogens with zero attached hydrogens (tertiary/aromatic N) is 1. The van der Waals surface area contributed by atoms with Gasteiger partial charge in [-0.2, -0.15) is 0 Å². The van der Waals surface area contributed by atoms with Gasteiger partial charge in [-0.3, -0.25) is 0 Å². The minimum atomic E-state index is -0.331. The van der Waals surface area contributed by atoms with E-state index in [4.69, 9.17) is 16.3 Å². The average Bonchev–Trinajstić information content (AvgIpc) is 2.39. The first kappa shape index (κ1) is 15.1. The molecule has 0 spiro atoms. The van der Waals surface area contributed by atoms with Crippen molar-refractivity contribution in [2.75, 3.05) is 26.7 Å². The van der Waals surface area contributed by atoms with E-state index in [1.54, 1.807) is 0 Å². The maximum atomic E-state index is 11.5. The van der Waals surface area contributed by atoms with Crippen LogP contribution in [0, 0.1) is 0 Å². The summed E-state index contributed by atoms with van der Waals surface area (Å²) in [5, 5.41) is 3.68. The molecular weight excluding hydrogens is 276 g/mol. The van der Waals surface area contributed by atoms with Crippen LogP contribution in [0.5, 0.6) is 0 Å². The van der Waals surface area contributed by atoms with Crippen LogP contribution < -0.4 is 5.32 Å². The molecule has 1 aliphatic rings. The molecule has 1 heterocycles. The molecule has 1 aromatic carbocycles. The van der Waals surface area contributed by atoms with E-state index in [0.717, 1.165) is 24.5 Å². The highest BCUT2D eigenvalue weighted by molar-refractivity contribution is 6.30. The molecule has 2 unspecified atom stereocenters. The Labute approximate surface area is 125 Å². The zero-order chi connectivity index (χ0) is 14.5. The van der Waals surface area contributed by atoms with Gasteiger partial charge in [-0.05, 0) is 44.0 Å². The molecule has 0 radical (unpaired) electrons. The fraction of sp³-hybridized carbons (Fsp3) is 0.533. The molecule has 1 fully saturated rings. The number of alkyl carbamates (subject to hydrolysis) is 1. The van der Waals surface area contributed by atoms with Crippen LogP contribution in [0.25, 0.3) is 0 Å². The fourth-order valence-electron chi connectivity index (χ4n) is 2.74. The lowest BCUT2D eigenvalue weighted by atomic mass is 9.88. The van der Waals surface area contributed by atoms with Crippen LogP contribution in [0.4, 0.5) is 4.79 Å². The third-order valence-corrected chi connectivity index (χ3v) is 3.82. The lowest BCUT2D eigenvalue weighted by Gasteiger charge is -2.36. The Balaban J connectivity index is 2.00. The number of nitrogens with one attached hydrogen (secondary N) is 1. The number of piperidine rings is 1. The molecule has 1 aromatic rings. The Bertz CT molecular complexity index is 450. The molecule has 20 heavy (non-hydrogen) atoms. The highest BCUT2D eigenvalue weighted by Gasteiger charge is 2.27. The summed E-state index contributed by atoms with van der Waals surface area (Å²) < 4.78 is 4.95. The first-order valence-corrected chi connectivity index (χ1v) is 7.33. The van der Waals surface area contributed by atoms with Crippen LogP contribution in [0.1, 0.15) is 24.8 Å². The van der Waals surface area contributed by atoms with E-state index in [-0.39, 0.29) is 12.1 Å². The van der Waals surface area contributed by atoms with Gasteiger partial charge in [0, 0.05) is 24.2 Å². The van der Waals surface area contributed by atoms with Crippen LogP contribution >= 0.6 is 11.6 Å². The topological polar surface area (TPSA) is 41.6 Å². The SMILES string of the molecule is CCOC(=O)NC1CC(c2ccc(Cl)cc2)CN(C)C1. The third-order valence-electron chi connectivity index (χ3n) is 3.57. The van der Waals surface area contributed by atoms with Gasteiger partial charge in [0.05, 0.1) is 6.61 Å². The summed E-state index contributed by atoms with van der Waals surface area (Å²) in [5.74, 6) is 0.401. The standard InChI is InChI=1S/C15H21ClN2O2/c1-3-20-15(19)17-14-8-12(9-18(2)10-14)11-4-6-13(16)7-5-11/h4-7,12,14H,3,8-10H2,1-2H3,(H,17,19). The lowest BCUT2D eigenvalue weighted by molar-refractivity contribution is 0.135. The molecule has 1 amide bonds. The molecule has 5 heteroatoms. The lowest BCUT2D eigenvalue weighted by Crippen LogP contribution is -2.48. The molecule has 4 nitrogen and oxygen atoms in total. The molecule has 1 saturated heterocycles. The highest BCUT2D eigenvalue weighted by Crippen LogP contribution is 2.27. The Morgan fingerprint density at radius 3 is 2.75 bits per heavy atom. The zero-order valence-corrected chi connectivity index (χ0v) is 12.7. The van der Waals surface area contributed by atoms with E-state index >= 15 is 0 Å². The summed E-state index contributed by atoms with van der Waals surface area (Å²) in [6.07, 6.45) is 0.591. The van der Waals surface area contributed by atoms with Gasteiger partial charge < -0.3 is 15.0 Å². The van der Waals surface area contributed by atoms with E-state index in [2.05, 4.69) is 29.4 Å². The highest BCUT2D eigenvalue weighted by atomic mass is 35.5. The van der Waals surface area contributed by atoms with Crippen molar-refractivity contribution in [2.45, 2.75) is 25.3 Å². The van der Waals surface area contributed by atoms with Gasteiger partial charge in [0.2, 0.25) is 0 Å². The summed E-state index contributed by atoms with van der Waals surface area (Å²) in [7, 11) is 2.07. The minimum Gasteiger partial charge on any atom is -0.450 e. The van der Waals surface area contributed by atoms with E-state index in [1.165, 1.54) is 5.56 Å². The van der Waals surface area contributed by atoms with Gasteiger partial charge in [0.25, 0.3) is 0 Å². The summed E-state index contributed by atoms with van der Waals surface area (Å²) >= 11 is 5.93. The number of likely N-dealkylation sites (N-methyl/N-ethyl adjacent to an activating group) is 1. The van der Waals surface area contributed by atoms with Crippen molar-refractivity contribution in [3.05, 3.63) is 34.9 Å². The van der Waals surface area contributed by atoms with Crippen molar-refractivity contribution in [1.29, 1.82) is 0 Å². The summed E-state index contributed by atoms with van der Waals surface area (Å²) in [6, 6.07) is 8.08. The fourth-order valence-corrected chi connectivity index (χ4v) is 2.87. The van der Waals surface area contributed by atoms with Crippen LogP contribution in [-0.4, -0.2) is 43.8 Å². The first-order valence-electron chi connectivity index (χ1n) is 6.95. The van der Waals surface area contributed by atoms with Crippen LogP contribution in [0.2, 0.25) is 5.02 Å². The molecule has 2 atom stereocenters. The number of carbonyl (C=O) groups excluding carboxylic acids is 1. The second-order valence-electron chi connectivity index (χ2n) is 5.27. The Morgan fingerprint density at radius 2 is 2.10 bits per heavy atom. The molecule has 2 rings (SSSR count). The van der Waals surface area contributed by atoms with Crippen molar-refractivity contribution in [3.8, 4) is 0 Å². The average molecular weight is 297 g/mol. The Morgan fingerprint density at radius 1 is 1.40 bits per heavy atom. The number of halogens is 1. The molecular formula is C15H21ClN2O2. The summed E-state index contributed by atoms with van der Waals surface area (Å²) in [6.45, 7) is 4.05. The van der Waals surface area contributed by atoms with Gasteiger partial charge >= 0.3 is 6.09 Å². The molecule has 110 valence electrons. The molecule has 1 aliphatic heterocycles. The van der Waals surface area contributed by atoms with Crippen LogP contribution in [0.3, 0.4) is 0 Å². The smallest absolute Gasteiger partial charge is 0.407 e. The summed E-state index contributed by atoms with van der Waals surface area (Å²) in [4.78, 5) is 13.8. The second kappa shape index (κ2) is 6.95. The van der Waals surface area contributed by atoms with E-state index in [0.29, 0.717) is 12.5 Å². The number of rotatable bonds is 3. The number of hydrogen-bond donors (Lipinski definition) is 1. The first-order chi connectivity index (χ1) is 9.58. The maximum absolute atomic E-state index is 11.5. The van der Waals surface area contributed by atoms with Crippen molar-refractivity contribution in [3.63, 3.8) is 0 Å². The van der Waals surface area contributed by atoms with Crippen LogP contribution in [0.15, 0.2) is 24.3 Å². The van der Waals surface area contributed by atoms with Crippen molar-refractivity contribution < 1.29 is 9.53 Å². The molecule has 0 bridgehead atoms. The van der Waals surface area contributed by atoms with Gasteiger partial charge in [-0.25, -0.2) is 4.79 Å². The largest absolute Gasteiger partial charge is 0.450 e.